The number of rotatable bonds is 4. The molecule has 2 heterocycles. The first-order valence-electron chi connectivity index (χ1n) is 14.4. The van der Waals surface area contributed by atoms with E-state index in [1.807, 2.05) is 35.5 Å². The van der Waals surface area contributed by atoms with Crippen LogP contribution >= 0.6 is 0 Å². The van der Waals surface area contributed by atoms with Gasteiger partial charge in [0.25, 0.3) is 0 Å². The number of carbonyl (C=O) groups is 4. The van der Waals surface area contributed by atoms with Crippen LogP contribution in [0.3, 0.4) is 0 Å². The van der Waals surface area contributed by atoms with Crippen LogP contribution in [-0.2, 0) is 19.1 Å². The fourth-order valence-corrected chi connectivity index (χ4v) is 7.57. The SMILES string of the molecule is CC(=O)N[C@@H]1CCN(C(=O)C2CCC(C3CCC4C(C3)N(C(=O)OC(C)C)C[C@H](C)N4C(C)=O)CC2)C1. The number of carbonyl (C=O) groups excluding carboxylic acids is 4. The maximum Gasteiger partial charge on any atom is 0.410 e. The largest absolute Gasteiger partial charge is 0.447 e. The fraction of sp³-hybridized carbons (Fsp3) is 0.857. The van der Waals surface area contributed by atoms with Crippen molar-refractivity contribution in [2.24, 2.45) is 17.8 Å². The van der Waals surface area contributed by atoms with Crippen LogP contribution in [0.2, 0.25) is 0 Å². The Morgan fingerprint density at radius 2 is 1.54 bits per heavy atom. The zero-order valence-electron chi connectivity index (χ0n) is 23.3. The second-order valence-corrected chi connectivity index (χ2v) is 12.2. The number of fused-ring (bicyclic) bond motifs is 1. The van der Waals surface area contributed by atoms with E-state index in [2.05, 4.69) is 5.32 Å². The lowest BCUT2D eigenvalue weighted by Gasteiger charge is -2.54. The normalized spacial score (nSPS) is 34.2. The van der Waals surface area contributed by atoms with Gasteiger partial charge in [-0.1, -0.05) is 0 Å². The number of hydrogen-bond donors (Lipinski definition) is 1. The van der Waals surface area contributed by atoms with E-state index in [0.717, 1.165) is 57.9 Å². The Labute approximate surface area is 221 Å². The summed E-state index contributed by atoms with van der Waals surface area (Å²) in [5.74, 6) is 1.40. The monoisotopic (exact) mass is 518 g/mol. The average molecular weight is 519 g/mol. The Bertz CT molecular complexity index is 871. The van der Waals surface area contributed by atoms with Crippen molar-refractivity contribution in [2.75, 3.05) is 19.6 Å². The smallest absolute Gasteiger partial charge is 0.410 e. The first-order valence-corrected chi connectivity index (χ1v) is 14.4. The highest BCUT2D eigenvalue weighted by Gasteiger charge is 2.48. The highest BCUT2D eigenvalue weighted by molar-refractivity contribution is 5.79. The van der Waals surface area contributed by atoms with Gasteiger partial charge in [0.05, 0.1) is 18.2 Å². The van der Waals surface area contributed by atoms with Crippen LogP contribution in [-0.4, -0.2) is 88.4 Å². The number of ether oxygens (including phenoxy) is 1. The molecule has 4 aliphatic rings. The molecule has 2 saturated carbocycles. The molecule has 9 heteroatoms. The zero-order valence-corrected chi connectivity index (χ0v) is 23.3. The maximum absolute atomic E-state index is 13.2. The van der Waals surface area contributed by atoms with Crippen LogP contribution in [0.15, 0.2) is 0 Å². The van der Waals surface area contributed by atoms with E-state index in [9.17, 15) is 19.2 Å². The van der Waals surface area contributed by atoms with Gasteiger partial charge < -0.3 is 24.8 Å². The van der Waals surface area contributed by atoms with E-state index in [-0.39, 0.29) is 60.0 Å². The molecule has 0 aromatic rings. The molecule has 9 nitrogen and oxygen atoms in total. The van der Waals surface area contributed by atoms with E-state index in [4.69, 9.17) is 4.74 Å². The van der Waals surface area contributed by atoms with Crippen molar-refractivity contribution >= 4 is 23.8 Å². The summed E-state index contributed by atoms with van der Waals surface area (Å²) < 4.78 is 5.60. The summed E-state index contributed by atoms with van der Waals surface area (Å²) in [5, 5.41) is 2.94. The standard InChI is InChI=1S/C28H46N4O5/c1-17(2)37-28(36)31-15-18(3)32(20(5)34)25-11-10-23(14-26(25)31)21-6-8-22(9-7-21)27(35)30-13-12-24(16-30)29-19(4)33/h17-18,21-26H,6-16H2,1-5H3,(H,29,33)/t18-,21?,22?,23?,24+,25?,26?/m0/s1. The molecule has 5 atom stereocenters. The van der Waals surface area contributed by atoms with Crippen LogP contribution in [0.4, 0.5) is 4.79 Å². The van der Waals surface area contributed by atoms with Crippen LogP contribution < -0.4 is 5.32 Å². The average Bonchev–Trinajstić information content (AvgIpc) is 3.30. The molecule has 4 amide bonds. The van der Waals surface area contributed by atoms with E-state index >= 15 is 0 Å². The third-order valence-electron chi connectivity index (χ3n) is 9.14. The van der Waals surface area contributed by atoms with Crippen molar-refractivity contribution in [3.63, 3.8) is 0 Å². The van der Waals surface area contributed by atoms with Crippen LogP contribution in [0.5, 0.6) is 0 Å². The van der Waals surface area contributed by atoms with Crippen molar-refractivity contribution in [2.45, 2.75) is 116 Å². The molecule has 0 aromatic carbocycles. The van der Waals surface area contributed by atoms with Gasteiger partial charge in [0.1, 0.15) is 0 Å². The number of likely N-dealkylation sites (tertiary alicyclic amines) is 1. The number of amides is 4. The molecular weight excluding hydrogens is 472 g/mol. The van der Waals surface area contributed by atoms with Crippen molar-refractivity contribution < 1.29 is 23.9 Å². The topological polar surface area (TPSA) is 99.3 Å². The van der Waals surface area contributed by atoms with E-state index in [0.29, 0.717) is 24.9 Å². The van der Waals surface area contributed by atoms with Gasteiger partial charge in [0, 0.05) is 51.5 Å². The highest BCUT2D eigenvalue weighted by Crippen LogP contribution is 2.44. The van der Waals surface area contributed by atoms with Gasteiger partial charge in [-0.05, 0) is 84.0 Å². The molecular formula is C28H46N4O5. The first kappa shape index (κ1) is 27.7. The van der Waals surface area contributed by atoms with Gasteiger partial charge in [-0.15, -0.1) is 0 Å². The van der Waals surface area contributed by atoms with Crippen LogP contribution in [0, 0.1) is 17.8 Å². The van der Waals surface area contributed by atoms with Crippen LogP contribution in [0.25, 0.3) is 0 Å². The summed E-state index contributed by atoms with van der Waals surface area (Å²) in [7, 11) is 0. The highest BCUT2D eigenvalue weighted by atomic mass is 16.6. The molecule has 2 aliphatic carbocycles. The number of piperazine rings is 1. The molecule has 0 spiro atoms. The molecule has 0 bridgehead atoms. The van der Waals surface area contributed by atoms with Gasteiger partial charge in [0.15, 0.2) is 0 Å². The van der Waals surface area contributed by atoms with Gasteiger partial charge in [0.2, 0.25) is 17.7 Å². The van der Waals surface area contributed by atoms with Crippen molar-refractivity contribution in [1.82, 2.24) is 20.0 Å². The molecule has 4 rings (SSSR count). The lowest BCUT2D eigenvalue weighted by Crippen LogP contribution is -2.67. The van der Waals surface area contributed by atoms with Gasteiger partial charge in [-0.25, -0.2) is 4.79 Å². The second-order valence-electron chi connectivity index (χ2n) is 12.2. The second kappa shape index (κ2) is 11.6. The van der Waals surface area contributed by atoms with Gasteiger partial charge in [-0.3, -0.25) is 14.4 Å². The lowest BCUT2D eigenvalue weighted by atomic mass is 9.68. The van der Waals surface area contributed by atoms with Crippen molar-refractivity contribution in [3.05, 3.63) is 0 Å². The van der Waals surface area contributed by atoms with Gasteiger partial charge >= 0.3 is 6.09 Å². The predicted molar refractivity (Wildman–Crippen MR) is 139 cm³/mol. The Hall–Kier alpha value is -2.32. The molecule has 208 valence electrons. The maximum atomic E-state index is 13.2. The van der Waals surface area contributed by atoms with Crippen LogP contribution in [0.1, 0.15) is 86.0 Å². The fourth-order valence-electron chi connectivity index (χ4n) is 7.57. The van der Waals surface area contributed by atoms with Gasteiger partial charge in [-0.2, -0.15) is 0 Å². The third kappa shape index (κ3) is 6.23. The van der Waals surface area contributed by atoms with E-state index in [1.165, 1.54) is 6.92 Å². The van der Waals surface area contributed by atoms with E-state index in [1.54, 1.807) is 6.92 Å². The van der Waals surface area contributed by atoms with E-state index < -0.39 is 0 Å². The molecule has 37 heavy (non-hydrogen) atoms. The molecule has 1 N–H and O–H groups in total. The Kier molecular flexibility index (Phi) is 8.69. The molecule has 2 aliphatic heterocycles. The van der Waals surface area contributed by atoms with Crippen molar-refractivity contribution in [3.8, 4) is 0 Å². The summed E-state index contributed by atoms with van der Waals surface area (Å²) >= 11 is 0. The minimum Gasteiger partial charge on any atom is -0.447 e. The summed E-state index contributed by atoms with van der Waals surface area (Å²) in [6, 6.07) is 0.0833. The predicted octanol–water partition coefficient (Wildman–Crippen LogP) is 3.16. The number of nitrogens with one attached hydrogen (secondary N) is 1. The van der Waals surface area contributed by atoms with Crippen molar-refractivity contribution in [1.29, 1.82) is 0 Å². The Balaban J connectivity index is 1.36. The number of hydrogen-bond acceptors (Lipinski definition) is 5. The summed E-state index contributed by atoms with van der Waals surface area (Å²) in [6.45, 7) is 10.8. The number of nitrogens with zero attached hydrogens (tertiary/aromatic N) is 3. The molecule has 0 radical (unpaired) electrons. The lowest BCUT2D eigenvalue weighted by molar-refractivity contribution is -0.143. The minimum absolute atomic E-state index is 0.0141. The Morgan fingerprint density at radius 3 is 2.16 bits per heavy atom. The molecule has 2 saturated heterocycles. The Morgan fingerprint density at radius 1 is 0.865 bits per heavy atom. The first-order chi connectivity index (χ1) is 17.5. The molecule has 3 unspecified atom stereocenters. The molecule has 4 fully saturated rings. The molecule has 0 aromatic heterocycles. The minimum atomic E-state index is -0.266. The summed E-state index contributed by atoms with van der Waals surface area (Å²) in [4.78, 5) is 55.9. The zero-order chi connectivity index (χ0) is 26.9. The quantitative estimate of drug-likeness (QED) is 0.616. The summed E-state index contributed by atoms with van der Waals surface area (Å²) in [5.41, 5.74) is 0. The summed E-state index contributed by atoms with van der Waals surface area (Å²) in [6.07, 6.45) is 7.12. The third-order valence-corrected chi connectivity index (χ3v) is 9.14.